The minimum Gasteiger partial charge on any atom is -0.298 e. The van der Waals surface area contributed by atoms with E-state index in [0.717, 1.165) is 24.8 Å². The van der Waals surface area contributed by atoms with Crippen LogP contribution < -0.4 is 0 Å². The summed E-state index contributed by atoms with van der Waals surface area (Å²) in [6.07, 6.45) is 5.99. The van der Waals surface area contributed by atoms with Crippen molar-refractivity contribution in [3.63, 3.8) is 0 Å². The topological polar surface area (TPSA) is 20.3 Å². The molecule has 0 aromatic rings. The lowest BCUT2D eigenvalue weighted by molar-refractivity contribution is -0.132. The molecule has 0 aromatic heterocycles. The van der Waals surface area contributed by atoms with Gasteiger partial charge in [-0.2, -0.15) is 0 Å². The Kier molecular flexibility index (Phi) is 4.93. The van der Waals surface area contributed by atoms with Crippen LogP contribution in [0.5, 0.6) is 0 Å². The average Bonchev–Trinajstić information content (AvgIpc) is 2.25. The summed E-state index contributed by atoms with van der Waals surface area (Å²) in [7, 11) is 4.10. The van der Waals surface area contributed by atoms with Crippen molar-refractivity contribution in [2.45, 2.75) is 57.9 Å². The van der Waals surface area contributed by atoms with Crippen molar-refractivity contribution in [3.05, 3.63) is 12.2 Å². The van der Waals surface area contributed by atoms with Gasteiger partial charge in [0, 0.05) is 6.42 Å². The van der Waals surface area contributed by atoms with Gasteiger partial charge < -0.3 is 0 Å². The number of nitrogens with zero attached hydrogens (tertiary/aromatic N) is 1. The van der Waals surface area contributed by atoms with E-state index in [2.05, 4.69) is 32.5 Å². The number of hydrogen-bond donors (Lipinski definition) is 0. The van der Waals surface area contributed by atoms with Gasteiger partial charge in [-0.05, 0) is 46.2 Å². The molecule has 0 heterocycles. The predicted octanol–water partition coefficient (Wildman–Crippen LogP) is 3.42. The molecule has 1 aliphatic rings. The van der Waals surface area contributed by atoms with Crippen molar-refractivity contribution in [3.8, 4) is 0 Å². The molecule has 2 unspecified atom stereocenters. The molecule has 0 radical (unpaired) electrons. The molecule has 0 N–H and O–H groups in total. The molecule has 0 aliphatic heterocycles. The van der Waals surface area contributed by atoms with Crippen molar-refractivity contribution in [1.29, 1.82) is 0 Å². The van der Waals surface area contributed by atoms with Crippen LogP contribution in [-0.2, 0) is 4.79 Å². The summed E-state index contributed by atoms with van der Waals surface area (Å²) in [5, 5.41) is 0. The highest BCUT2D eigenvalue weighted by molar-refractivity contribution is 5.88. The maximum Gasteiger partial charge on any atom is 0.153 e. The summed E-state index contributed by atoms with van der Waals surface area (Å²) < 4.78 is 0. The number of likely N-dealkylation sites (N-methyl/N-ethyl adjacent to an activating group) is 1. The van der Waals surface area contributed by atoms with Gasteiger partial charge in [0.25, 0.3) is 0 Å². The number of rotatable bonds is 5. The molecule has 2 atom stereocenters. The fourth-order valence-corrected chi connectivity index (χ4v) is 2.99. The molecule has 0 amide bonds. The van der Waals surface area contributed by atoms with Gasteiger partial charge in [0.1, 0.15) is 0 Å². The van der Waals surface area contributed by atoms with E-state index >= 15 is 0 Å². The lowest BCUT2D eigenvalue weighted by atomic mass is 9.72. The van der Waals surface area contributed by atoms with Crippen LogP contribution in [0.25, 0.3) is 0 Å². The standard InChI is InChI=1S/C15H27NO/c1-12(2)8-9-14(17)15(16(4)5)10-6-7-13(3)11-15/h13H,1,6-11H2,2-5H3. The second-order valence-corrected chi connectivity index (χ2v) is 6.01. The fraction of sp³-hybridized carbons (Fsp3) is 0.800. The first-order valence-corrected chi connectivity index (χ1v) is 6.73. The third-order valence-corrected chi connectivity index (χ3v) is 4.13. The molecule has 2 heteroatoms. The predicted molar refractivity (Wildman–Crippen MR) is 73.1 cm³/mol. The number of hydrogen-bond acceptors (Lipinski definition) is 2. The van der Waals surface area contributed by atoms with E-state index in [1.807, 2.05) is 6.92 Å². The van der Waals surface area contributed by atoms with Gasteiger partial charge in [0.15, 0.2) is 5.78 Å². The first-order chi connectivity index (χ1) is 7.88. The highest BCUT2D eigenvalue weighted by atomic mass is 16.1. The highest BCUT2D eigenvalue weighted by Crippen LogP contribution is 2.37. The normalized spacial score (nSPS) is 29.4. The van der Waals surface area contributed by atoms with Gasteiger partial charge in [-0.25, -0.2) is 0 Å². The van der Waals surface area contributed by atoms with Crippen LogP contribution in [0.15, 0.2) is 12.2 Å². The molecule has 0 bridgehead atoms. The zero-order valence-corrected chi connectivity index (χ0v) is 11.9. The molecule has 0 saturated heterocycles. The Bertz CT molecular complexity index is 295. The molecule has 98 valence electrons. The first kappa shape index (κ1) is 14.4. The molecule has 1 aliphatic carbocycles. The van der Waals surface area contributed by atoms with Crippen LogP contribution in [-0.4, -0.2) is 30.3 Å². The molecule has 17 heavy (non-hydrogen) atoms. The summed E-state index contributed by atoms with van der Waals surface area (Å²) in [5.41, 5.74) is 0.906. The van der Waals surface area contributed by atoms with Crippen LogP contribution in [0, 0.1) is 5.92 Å². The van der Waals surface area contributed by atoms with Crippen LogP contribution in [0.3, 0.4) is 0 Å². The first-order valence-electron chi connectivity index (χ1n) is 6.73. The summed E-state index contributed by atoms with van der Waals surface area (Å²) in [4.78, 5) is 14.7. The van der Waals surface area contributed by atoms with E-state index in [1.165, 1.54) is 12.8 Å². The smallest absolute Gasteiger partial charge is 0.153 e. The average molecular weight is 237 g/mol. The summed E-state index contributed by atoms with van der Waals surface area (Å²) in [5.74, 6) is 1.08. The Labute approximate surface area is 106 Å². The molecule has 0 aromatic carbocycles. The SMILES string of the molecule is C=C(C)CCC(=O)C1(N(C)C)CCCC(C)C1. The zero-order chi connectivity index (χ0) is 13.1. The van der Waals surface area contributed by atoms with Gasteiger partial charge in [0.2, 0.25) is 0 Å². The summed E-state index contributed by atoms with van der Waals surface area (Å²) in [6.45, 7) is 8.16. The van der Waals surface area contributed by atoms with Crippen molar-refractivity contribution in [1.82, 2.24) is 4.90 Å². The van der Waals surface area contributed by atoms with E-state index in [4.69, 9.17) is 0 Å². The quantitative estimate of drug-likeness (QED) is 0.683. The number of ketones is 1. The zero-order valence-electron chi connectivity index (χ0n) is 11.9. The Morgan fingerprint density at radius 2 is 2.06 bits per heavy atom. The summed E-state index contributed by atoms with van der Waals surface area (Å²) in [6, 6.07) is 0. The Hall–Kier alpha value is -0.630. The second-order valence-electron chi connectivity index (χ2n) is 6.01. The van der Waals surface area contributed by atoms with Crippen molar-refractivity contribution in [2.75, 3.05) is 14.1 Å². The van der Waals surface area contributed by atoms with Crippen LogP contribution in [0.2, 0.25) is 0 Å². The largest absolute Gasteiger partial charge is 0.298 e. The van der Waals surface area contributed by atoms with Crippen LogP contribution in [0.1, 0.15) is 52.4 Å². The molecule has 1 fully saturated rings. The molecule has 0 spiro atoms. The Morgan fingerprint density at radius 1 is 1.41 bits per heavy atom. The van der Waals surface area contributed by atoms with E-state index in [-0.39, 0.29) is 5.54 Å². The minimum absolute atomic E-state index is 0.201. The van der Waals surface area contributed by atoms with E-state index in [0.29, 0.717) is 18.1 Å². The lowest BCUT2D eigenvalue weighted by Gasteiger charge is -2.44. The highest BCUT2D eigenvalue weighted by Gasteiger charge is 2.42. The van der Waals surface area contributed by atoms with Crippen molar-refractivity contribution >= 4 is 5.78 Å². The third-order valence-electron chi connectivity index (χ3n) is 4.13. The number of allylic oxidation sites excluding steroid dienone is 1. The lowest BCUT2D eigenvalue weighted by Crippen LogP contribution is -2.53. The maximum absolute atomic E-state index is 12.5. The third kappa shape index (κ3) is 3.41. The van der Waals surface area contributed by atoms with E-state index < -0.39 is 0 Å². The monoisotopic (exact) mass is 237 g/mol. The van der Waals surface area contributed by atoms with Gasteiger partial charge >= 0.3 is 0 Å². The minimum atomic E-state index is -0.201. The number of carbonyl (C=O) groups excluding carboxylic acids is 1. The molecule has 1 saturated carbocycles. The molecule has 2 nitrogen and oxygen atoms in total. The van der Waals surface area contributed by atoms with E-state index in [9.17, 15) is 4.79 Å². The molecule has 1 rings (SSSR count). The van der Waals surface area contributed by atoms with Gasteiger partial charge in [-0.1, -0.05) is 25.3 Å². The molecular weight excluding hydrogens is 210 g/mol. The van der Waals surface area contributed by atoms with Crippen LogP contribution in [0.4, 0.5) is 0 Å². The van der Waals surface area contributed by atoms with Crippen molar-refractivity contribution < 1.29 is 4.79 Å². The van der Waals surface area contributed by atoms with Gasteiger partial charge in [-0.3, -0.25) is 9.69 Å². The maximum atomic E-state index is 12.5. The molecular formula is C15H27NO. The van der Waals surface area contributed by atoms with Crippen LogP contribution >= 0.6 is 0 Å². The van der Waals surface area contributed by atoms with Gasteiger partial charge in [0.05, 0.1) is 5.54 Å². The van der Waals surface area contributed by atoms with Crippen molar-refractivity contribution in [2.24, 2.45) is 5.92 Å². The Morgan fingerprint density at radius 3 is 2.53 bits per heavy atom. The van der Waals surface area contributed by atoms with Gasteiger partial charge in [-0.15, -0.1) is 6.58 Å². The fourth-order valence-electron chi connectivity index (χ4n) is 2.99. The van der Waals surface area contributed by atoms with E-state index in [1.54, 1.807) is 0 Å². The number of Topliss-reactive ketones (excluding diaryl/α,β-unsaturated/α-hetero) is 1. The number of carbonyl (C=O) groups is 1. The second kappa shape index (κ2) is 5.81. The Balaban J connectivity index is 2.76. The summed E-state index contributed by atoms with van der Waals surface area (Å²) >= 11 is 0.